The number of halogens is 1. The van der Waals surface area contributed by atoms with Crippen LogP contribution in [-0.4, -0.2) is 47.3 Å². The van der Waals surface area contributed by atoms with Crippen LogP contribution in [0, 0.1) is 0 Å². The van der Waals surface area contributed by atoms with Crippen LogP contribution in [0.15, 0.2) is 72.1 Å². The number of imidazole rings is 1. The Morgan fingerprint density at radius 2 is 1.90 bits per heavy atom. The number of benzene rings is 2. The molecule has 2 heterocycles. The number of carbonyl (C=O) groups is 1. The summed E-state index contributed by atoms with van der Waals surface area (Å²) in [7, 11) is -2.05. The molecule has 156 valence electrons. The maximum Gasteiger partial charge on any atom is 0.262 e. The van der Waals surface area contributed by atoms with E-state index in [1.807, 2.05) is 30.3 Å². The maximum atomic E-state index is 13.1. The maximum absolute atomic E-state index is 13.1. The molecule has 0 radical (unpaired) electrons. The largest absolute Gasteiger partial charge is 0.347 e. The van der Waals surface area contributed by atoms with Crippen LogP contribution < -0.4 is 5.32 Å². The summed E-state index contributed by atoms with van der Waals surface area (Å²) in [6.07, 6.45) is 2.93. The standard InChI is InChI=1S/C21H21ClN4O3S/c1-25-13-20(23-14-25)30(28,29)26-11-18(15-6-3-2-4-7-15)19(12-26)24-21(27)16-8-5-9-17(22)10-16/h2-10,13-14,18-19H,11-12H2,1H3,(H,24,27)/t18-,19+/m1/s1. The van der Waals surface area contributed by atoms with E-state index in [1.54, 1.807) is 35.9 Å². The van der Waals surface area contributed by atoms with Gasteiger partial charge in [0.25, 0.3) is 15.9 Å². The summed E-state index contributed by atoms with van der Waals surface area (Å²) in [5, 5.41) is 3.46. The van der Waals surface area contributed by atoms with Crippen molar-refractivity contribution in [2.45, 2.75) is 17.0 Å². The van der Waals surface area contributed by atoms with Gasteiger partial charge in [0.2, 0.25) is 0 Å². The third kappa shape index (κ3) is 4.12. The van der Waals surface area contributed by atoms with Gasteiger partial charge in [0.05, 0.1) is 12.4 Å². The summed E-state index contributed by atoms with van der Waals surface area (Å²) in [4.78, 5) is 16.8. The van der Waals surface area contributed by atoms with Crippen molar-refractivity contribution < 1.29 is 13.2 Å². The van der Waals surface area contributed by atoms with E-state index in [2.05, 4.69) is 10.3 Å². The molecule has 7 nitrogen and oxygen atoms in total. The van der Waals surface area contributed by atoms with Crippen molar-refractivity contribution in [3.8, 4) is 0 Å². The van der Waals surface area contributed by atoms with Gasteiger partial charge in [0, 0.05) is 42.8 Å². The molecule has 0 aliphatic carbocycles. The number of amides is 1. The highest BCUT2D eigenvalue weighted by Gasteiger charge is 2.41. The third-order valence-corrected chi connectivity index (χ3v) is 7.16. The second-order valence-corrected chi connectivity index (χ2v) is 9.63. The zero-order valence-corrected chi connectivity index (χ0v) is 17.8. The van der Waals surface area contributed by atoms with Crippen molar-refractivity contribution in [3.05, 3.63) is 83.3 Å². The SMILES string of the molecule is Cn1cnc(S(=O)(=O)N2C[C@H](NC(=O)c3cccc(Cl)c3)[C@@H](c3ccccc3)C2)c1. The van der Waals surface area contributed by atoms with Crippen LogP contribution in [0.1, 0.15) is 21.8 Å². The molecular formula is C21H21ClN4O3S. The molecular weight excluding hydrogens is 424 g/mol. The quantitative estimate of drug-likeness (QED) is 0.655. The Morgan fingerprint density at radius 1 is 1.13 bits per heavy atom. The fourth-order valence-corrected chi connectivity index (χ4v) is 5.33. The lowest BCUT2D eigenvalue weighted by molar-refractivity contribution is 0.0936. The molecule has 30 heavy (non-hydrogen) atoms. The predicted molar refractivity (Wildman–Crippen MR) is 114 cm³/mol. The van der Waals surface area contributed by atoms with Crippen LogP contribution in [0.4, 0.5) is 0 Å². The molecule has 1 N–H and O–H groups in total. The van der Waals surface area contributed by atoms with Gasteiger partial charge in [0.15, 0.2) is 5.03 Å². The van der Waals surface area contributed by atoms with Crippen LogP contribution in [-0.2, 0) is 17.1 Å². The normalized spacial score (nSPS) is 19.7. The molecule has 1 fully saturated rings. The fraction of sp³-hybridized carbons (Fsp3) is 0.238. The molecule has 2 aromatic carbocycles. The number of sulfonamides is 1. The van der Waals surface area contributed by atoms with Crippen molar-refractivity contribution in [1.82, 2.24) is 19.2 Å². The molecule has 2 atom stereocenters. The molecule has 1 saturated heterocycles. The van der Waals surface area contributed by atoms with E-state index >= 15 is 0 Å². The topological polar surface area (TPSA) is 84.3 Å². The third-order valence-electron chi connectivity index (χ3n) is 5.20. The Balaban J connectivity index is 1.62. The molecule has 0 bridgehead atoms. The highest BCUT2D eigenvalue weighted by atomic mass is 35.5. The van der Waals surface area contributed by atoms with Crippen LogP contribution in [0.5, 0.6) is 0 Å². The number of hydrogen-bond acceptors (Lipinski definition) is 4. The monoisotopic (exact) mass is 444 g/mol. The van der Waals surface area contributed by atoms with Crippen molar-refractivity contribution >= 4 is 27.5 Å². The zero-order valence-electron chi connectivity index (χ0n) is 16.3. The number of rotatable bonds is 5. The Hall–Kier alpha value is -2.68. The molecule has 1 aliphatic heterocycles. The number of nitrogens with one attached hydrogen (secondary N) is 1. The first kappa shape index (κ1) is 20.6. The highest BCUT2D eigenvalue weighted by Crippen LogP contribution is 2.31. The number of carbonyl (C=O) groups excluding carboxylic acids is 1. The lowest BCUT2D eigenvalue weighted by Gasteiger charge is -2.20. The fourth-order valence-electron chi connectivity index (χ4n) is 3.68. The van der Waals surface area contributed by atoms with Crippen LogP contribution in [0.3, 0.4) is 0 Å². The van der Waals surface area contributed by atoms with E-state index in [-0.39, 0.29) is 29.9 Å². The van der Waals surface area contributed by atoms with Gasteiger partial charge >= 0.3 is 0 Å². The summed E-state index contributed by atoms with van der Waals surface area (Å²) >= 11 is 6.01. The van der Waals surface area contributed by atoms with E-state index in [4.69, 9.17) is 11.6 Å². The molecule has 1 aromatic heterocycles. The van der Waals surface area contributed by atoms with E-state index in [0.717, 1.165) is 5.56 Å². The minimum atomic E-state index is -3.77. The molecule has 0 spiro atoms. The average Bonchev–Trinajstić information content (AvgIpc) is 3.36. The lowest BCUT2D eigenvalue weighted by Crippen LogP contribution is -2.40. The summed E-state index contributed by atoms with van der Waals surface area (Å²) in [5.74, 6) is -0.478. The van der Waals surface area contributed by atoms with Gasteiger partial charge in [-0.3, -0.25) is 4.79 Å². The molecule has 1 aliphatic rings. The van der Waals surface area contributed by atoms with E-state index in [1.165, 1.54) is 16.8 Å². The first-order chi connectivity index (χ1) is 14.3. The number of aryl methyl sites for hydroxylation is 1. The van der Waals surface area contributed by atoms with Gasteiger partial charge in [0.1, 0.15) is 0 Å². The summed E-state index contributed by atoms with van der Waals surface area (Å²) in [6, 6.07) is 15.9. The minimum absolute atomic E-state index is 0.00127. The summed E-state index contributed by atoms with van der Waals surface area (Å²) in [5.41, 5.74) is 1.40. The lowest BCUT2D eigenvalue weighted by atomic mass is 9.94. The Kier molecular flexibility index (Phi) is 5.64. The number of aromatic nitrogens is 2. The molecule has 1 amide bonds. The van der Waals surface area contributed by atoms with E-state index in [0.29, 0.717) is 10.6 Å². The second-order valence-electron chi connectivity index (χ2n) is 7.31. The van der Waals surface area contributed by atoms with Crippen LogP contribution in [0.25, 0.3) is 0 Å². The minimum Gasteiger partial charge on any atom is -0.347 e. The Bertz CT molecular complexity index is 1160. The Morgan fingerprint density at radius 3 is 2.57 bits per heavy atom. The van der Waals surface area contributed by atoms with Crippen molar-refractivity contribution in [1.29, 1.82) is 0 Å². The average molecular weight is 445 g/mol. The van der Waals surface area contributed by atoms with Crippen molar-refractivity contribution in [2.24, 2.45) is 7.05 Å². The van der Waals surface area contributed by atoms with Gasteiger partial charge in [-0.2, -0.15) is 4.31 Å². The Labute approximate surface area is 180 Å². The van der Waals surface area contributed by atoms with Gasteiger partial charge in [-0.25, -0.2) is 13.4 Å². The van der Waals surface area contributed by atoms with Crippen LogP contribution in [0.2, 0.25) is 5.02 Å². The number of hydrogen-bond donors (Lipinski definition) is 1. The molecule has 4 rings (SSSR count). The van der Waals surface area contributed by atoms with Gasteiger partial charge in [-0.05, 0) is 23.8 Å². The van der Waals surface area contributed by atoms with E-state index in [9.17, 15) is 13.2 Å². The molecule has 0 unspecified atom stereocenters. The molecule has 3 aromatic rings. The van der Waals surface area contributed by atoms with Crippen LogP contribution >= 0.6 is 11.6 Å². The summed E-state index contributed by atoms with van der Waals surface area (Å²) < 4.78 is 29.2. The zero-order chi connectivity index (χ0) is 21.3. The summed E-state index contributed by atoms with van der Waals surface area (Å²) in [6.45, 7) is 0.411. The molecule has 9 heteroatoms. The van der Waals surface area contributed by atoms with Gasteiger partial charge in [-0.15, -0.1) is 0 Å². The van der Waals surface area contributed by atoms with Crippen molar-refractivity contribution in [3.63, 3.8) is 0 Å². The van der Waals surface area contributed by atoms with E-state index < -0.39 is 16.1 Å². The van der Waals surface area contributed by atoms with Crippen molar-refractivity contribution in [2.75, 3.05) is 13.1 Å². The highest BCUT2D eigenvalue weighted by molar-refractivity contribution is 7.89. The van der Waals surface area contributed by atoms with Gasteiger partial charge in [-0.1, -0.05) is 48.0 Å². The second kappa shape index (κ2) is 8.22. The predicted octanol–water partition coefficient (Wildman–Crippen LogP) is 2.66. The first-order valence-electron chi connectivity index (χ1n) is 9.44. The molecule has 0 saturated carbocycles. The number of nitrogens with zero attached hydrogens (tertiary/aromatic N) is 3. The van der Waals surface area contributed by atoms with Gasteiger partial charge < -0.3 is 9.88 Å². The smallest absolute Gasteiger partial charge is 0.262 e. The first-order valence-corrected chi connectivity index (χ1v) is 11.3.